The first-order chi connectivity index (χ1) is 14.9. The zero-order chi connectivity index (χ0) is 22.4. The lowest BCUT2D eigenvalue weighted by Gasteiger charge is -2.13. The van der Waals surface area contributed by atoms with E-state index in [0.717, 1.165) is 6.07 Å². The number of hydrogen-bond acceptors (Lipinski definition) is 8. The van der Waals surface area contributed by atoms with Crippen LogP contribution in [0.3, 0.4) is 0 Å². The van der Waals surface area contributed by atoms with Crippen molar-refractivity contribution in [1.29, 1.82) is 0 Å². The van der Waals surface area contributed by atoms with Gasteiger partial charge >= 0.3 is 0 Å². The van der Waals surface area contributed by atoms with Gasteiger partial charge in [0, 0.05) is 25.4 Å². The van der Waals surface area contributed by atoms with Gasteiger partial charge in [0.25, 0.3) is 0 Å². The molecular formula is C20H23F2N5O4. The maximum absolute atomic E-state index is 14.4. The Morgan fingerprint density at radius 2 is 1.81 bits per heavy atom. The Balaban J connectivity index is 1.64. The van der Waals surface area contributed by atoms with E-state index in [1.54, 1.807) is 17.1 Å². The number of aromatic nitrogens is 4. The molecule has 2 heterocycles. The summed E-state index contributed by atoms with van der Waals surface area (Å²) in [4.78, 5) is 8.26. The molecule has 0 aliphatic rings. The molecule has 11 heteroatoms. The minimum absolute atomic E-state index is 0.0753. The molecule has 31 heavy (non-hydrogen) atoms. The standard InChI is InChI=1S/C20H23F2N5O4/c1-12(10-28)8-27-9-13(5-25-27)26-17-6-24-18(7-23-17)31-11-14-19(21)15(29-2)4-16(30-3)20(14)22/h4-7,9,12,28H,8,10-11H2,1-3H3,(H,23,26). The first-order valence-electron chi connectivity index (χ1n) is 9.39. The molecule has 0 aliphatic carbocycles. The van der Waals surface area contributed by atoms with Crippen LogP contribution < -0.4 is 19.5 Å². The first kappa shape index (κ1) is 22.2. The molecule has 3 aromatic rings. The third-order valence-electron chi connectivity index (χ3n) is 4.37. The molecule has 0 saturated carbocycles. The lowest BCUT2D eigenvalue weighted by molar-refractivity contribution is 0.219. The van der Waals surface area contributed by atoms with Gasteiger partial charge in [0.15, 0.2) is 23.1 Å². The van der Waals surface area contributed by atoms with E-state index in [1.165, 1.54) is 26.6 Å². The molecule has 3 rings (SSSR count). The summed E-state index contributed by atoms with van der Waals surface area (Å²) >= 11 is 0. The summed E-state index contributed by atoms with van der Waals surface area (Å²) < 4.78 is 45.7. The van der Waals surface area contributed by atoms with Crippen molar-refractivity contribution in [3.05, 3.63) is 48.1 Å². The van der Waals surface area contributed by atoms with E-state index < -0.39 is 18.2 Å². The van der Waals surface area contributed by atoms with E-state index in [0.29, 0.717) is 18.1 Å². The van der Waals surface area contributed by atoms with Crippen LogP contribution >= 0.6 is 0 Å². The molecule has 166 valence electrons. The average Bonchev–Trinajstić information content (AvgIpc) is 3.21. The maximum Gasteiger partial charge on any atom is 0.232 e. The van der Waals surface area contributed by atoms with E-state index in [-0.39, 0.29) is 35.5 Å². The second-order valence-electron chi connectivity index (χ2n) is 6.78. The molecule has 0 fully saturated rings. The fraction of sp³-hybridized carbons (Fsp3) is 0.350. The minimum Gasteiger partial charge on any atom is -0.494 e. The smallest absolute Gasteiger partial charge is 0.232 e. The normalized spacial score (nSPS) is 11.8. The zero-order valence-corrected chi connectivity index (χ0v) is 17.3. The number of benzene rings is 1. The molecule has 0 bridgehead atoms. The number of methoxy groups -OCH3 is 2. The van der Waals surface area contributed by atoms with Gasteiger partial charge in [-0.05, 0) is 5.92 Å². The van der Waals surface area contributed by atoms with Gasteiger partial charge in [0.05, 0.1) is 44.1 Å². The first-order valence-corrected chi connectivity index (χ1v) is 9.39. The number of nitrogens with zero attached hydrogens (tertiary/aromatic N) is 4. The highest BCUT2D eigenvalue weighted by atomic mass is 19.1. The number of hydrogen-bond donors (Lipinski definition) is 2. The van der Waals surface area contributed by atoms with Gasteiger partial charge in [0.2, 0.25) is 5.88 Å². The second-order valence-corrected chi connectivity index (χ2v) is 6.78. The van der Waals surface area contributed by atoms with Crippen molar-refractivity contribution in [1.82, 2.24) is 19.7 Å². The van der Waals surface area contributed by atoms with Gasteiger partial charge < -0.3 is 24.6 Å². The quantitative estimate of drug-likeness (QED) is 0.501. The second kappa shape index (κ2) is 10.0. The molecule has 9 nitrogen and oxygen atoms in total. The van der Waals surface area contributed by atoms with Crippen molar-refractivity contribution < 1.29 is 28.1 Å². The Morgan fingerprint density at radius 1 is 1.10 bits per heavy atom. The van der Waals surface area contributed by atoms with Crippen molar-refractivity contribution in [2.75, 3.05) is 26.1 Å². The highest BCUT2D eigenvalue weighted by Gasteiger charge is 2.20. The number of aliphatic hydroxyl groups excluding tert-OH is 1. The summed E-state index contributed by atoms with van der Waals surface area (Å²) in [7, 11) is 2.54. The summed E-state index contributed by atoms with van der Waals surface area (Å²) in [6.07, 6.45) is 6.15. The van der Waals surface area contributed by atoms with E-state index >= 15 is 0 Å². The average molecular weight is 435 g/mol. The van der Waals surface area contributed by atoms with E-state index in [1.807, 2.05) is 6.92 Å². The highest BCUT2D eigenvalue weighted by Crippen LogP contribution is 2.31. The molecule has 0 radical (unpaired) electrons. The van der Waals surface area contributed by atoms with Gasteiger partial charge in [-0.3, -0.25) is 4.68 Å². The zero-order valence-electron chi connectivity index (χ0n) is 17.3. The van der Waals surface area contributed by atoms with Gasteiger partial charge in [-0.25, -0.2) is 18.7 Å². The summed E-state index contributed by atoms with van der Waals surface area (Å²) in [5.41, 5.74) is 0.352. The van der Waals surface area contributed by atoms with E-state index in [9.17, 15) is 8.78 Å². The Kier molecular flexibility index (Phi) is 7.19. The maximum atomic E-state index is 14.4. The van der Waals surface area contributed by atoms with Gasteiger partial charge in [-0.1, -0.05) is 6.92 Å². The lowest BCUT2D eigenvalue weighted by atomic mass is 10.1. The van der Waals surface area contributed by atoms with Crippen LogP contribution in [-0.4, -0.2) is 45.7 Å². The number of halogens is 2. The van der Waals surface area contributed by atoms with Crippen LogP contribution in [0, 0.1) is 17.6 Å². The number of anilines is 2. The van der Waals surface area contributed by atoms with Crippen molar-refractivity contribution in [2.45, 2.75) is 20.1 Å². The van der Waals surface area contributed by atoms with E-state index in [4.69, 9.17) is 19.3 Å². The Morgan fingerprint density at radius 3 is 2.39 bits per heavy atom. The summed E-state index contributed by atoms with van der Waals surface area (Å²) in [5.74, 6) is -1.46. The summed E-state index contributed by atoms with van der Waals surface area (Å²) in [6.45, 7) is 2.14. The Labute approximate surface area is 177 Å². The number of rotatable bonds is 10. The lowest BCUT2D eigenvalue weighted by Crippen LogP contribution is -2.11. The molecule has 1 unspecified atom stereocenters. The third-order valence-corrected chi connectivity index (χ3v) is 4.37. The van der Waals surface area contributed by atoms with Crippen molar-refractivity contribution in [3.63, 3.8) is 0 Å². The minimum atomic E-state index is -0.875. The van der Waals surface area contributed by atoms with Crippen molar-refractivity contribution in [3.8, 4) is 17.4 Å². The third kappa shape index (κ3) is 5.37. The molecule has 1 aromatic carbocycles. The summed E-state index contributed by atoms with van der Waals surface area (Å²) in [6, 6.07) is 1.13. The van der Waals surface area contributed by atoms with Crippen molar-refractivity contribution in [2.24, 2.45) is 5.92 Å². The summed E-state index contributed by atoms with van der Waals surface area (Å²) in [5, 5.41) is 16.4. The molecule has 1 atom stereocenters. The van der Waals surface area contributed by atoms with Crippen LogP contribution in [0.25, 0.3) is 0 Å². The fourth-order valence-corrected chi connectivity index (χ4v) is 2.72. The topological polar surface area (TPSA) is 104 Å². The van der Waals surface area contributed by atoms with Crippen LogP contribution in [0.2, 0.25) is 0 Å². The fourth-order valence-electron chi connectivity index (χ4n) is 2.72. The van der Waals surface area contributed by atoms with Crippen LogP contribution in [0.15, 0.2) is 30.9 Å². The molecule has 0 saturated heterocycles. The predicted octanol–water partition coefficient (Wildman–Crippen LogP) is 2.92. The van der Waals surface area contributed by atoms with Crippen LogP contribution in [-0.2, 0) is 13.2 Å². The van der Waals surface area contributed by atoms with Crippen LogP contribution in [0.1, 0.15) is 12.5 Å². The molecule has 2 N–H and O–H groups in total. The SMILES string of the molecule is COc1cc(OC)c(F)c(COc2cnc(Nc3cnn(CC(C)CO)c3)cn2)c1F. The molecule has 0 spiro atoms. The Bertz CT molecular complexity index is 985. The monoisotopic (exact) mass is 435 g/mol. The number of nitrogens with one attached hydrogen (secondary N) is 1. The Hall–Kier alpha value is -3.47. The molecule has 2 aromatic heterocycles. The molecule has 0 aliphatic heterocycles. The van der Waals surface area contributed by atoms with E-state index in [2.05, 4.69) is 20.4 Å². The van der Waals surface area contributed by atoms with Crippen LogP contribution in [0.4, 0.5) is 20.3 Å². The van der Waals surface area contributed by atoms with Crippen molar-refractivity contribution >= 4 is 11.5 Å². The largest absolute Gasteiger partial charge is 0.494 e. The van der Waals surface area contributed by atoms with Gasteiger partial charge in [0.1, 0.15) is 12.4 Å². The molecular weight excluding hydrogens is 412 g/mol. The molecule has 0 amide bonds. The van der Waals surface area contributed by atoms with Gasteiger partial charge in [-0.15, -0.1) is 0 Å². The highest BCUT2D eigenvalue weighted by molar-refractivity contribution is 5.52. The van der Waals surface area contributed by atoms with Gasteiger partial charge in [-0.2, -0.15) is 5.10 Å². The van der Waals surface area contributed by atoms with Crippen LogP contribution in [0.5, 0.6) is 17.4 Å². The predicted molar refractivity (Wildman–Crippen MR) is 108 cm³/mol. The number of aliphatic hydroxyl groups is 1. The number of ether oxygens (including phenoxy) is 3.